The summed E-state index contributed by atoms with van der Waals surface area (Å²) in [4.78, 5) is 40.8. The molecule has 0 saturated carbocycles. The maximum Gasteiger partial charge on any atom is 0.414 e. The molecule has 2 fully saturated rings. The van der Waals surface area contributed by atoms with Crippen LogP contribution >= 0.6 is 35.4 Å². The van der Waals surface area contributed by atoms with Gasteiger partial charge in [-0.1, -0.05) is 41.5 Å². The number of hydrogen-bond acceptors (Lipinski definition) is 6. The molecule has 2 unspecified atom stereocenters. The van der Waals surface area contributed by atoms with E-state index in [1.165, 1.54) is 11.0 Å². The summed E-state index contributed by atoms with van der Waals surface area (Å²) in [6.45, 7) is 2.86. The number of benzene rings is 1. The number of anilines is 2. The minimum Gasteiger partial charge on any atom is -0.442 e. The maximum absolute atomic E-state index is 12.5. The van der Waals surface area contributed by atoms with Crippen LogP contribution in [0.1, 0.15) is 13.3 Å². The van der Waals surface area contributed by atoms with Crippen LogP contribution in [0.4, 0.5) is 16.2 Å². The van der Waals surface area contributed by atoms with E-state index in [2.05, 4.69) is 5.32 Å². The van der Waals surface area contributed by atoms with Crippen LogP contribution in [0.15, 0.2) is 41.0 Å². The first-order valence-corrected chi connectivity index (χ1v) is 11.5. The van der Waals surface area contributed by atoms with Crippen LogP contribution in [0, 0.1) is 0 Å². The van der Waals surface area contributed by atoms with Crippen LogP contribution in [0.25, 0.3) is 0 Å². The van der Waals surface area contributed by atoms with Gasteiger partial charge in [-0.25, -0.2) is 4.79 Å². The van der Waals surface area contributed by atoms with E-state index in [9.17, 15) is 14.4 Å². The second-order valence-electron chi connectivity index (χ2n) is 7.74. The van der Waals surface area contributed by atoms with Crippen molar-refractivity contribution in [3.8, 4) is 0 Å². The van der Waals surface area contributed by atoms with Gasteiger partial charge < -0.3 is 19.7 Å². The first-order valence-electron chi connectivity index (χ1n) is 10.3. The van der Waals surface area contributed by atoms with Crippen molar-refractivity contribution >= 4 is 69.6 Å². The minimum atomic E-state index is -0.551. The van der Waals surface area contributed by atoms with Crippen LogP contribution in [0.5, 0.6) is 0 Å². The molecule has 1 N–H and O–H groups in total. The molecule has 2 heterocycles. The second-order valence-corrected chi connectivity index (χ2v) is 9.08. The SMILES string of the molecule is CC1OCCN(c2ccc(N3CC(CNC(=O)C4=CC(Cl)=CCC4=S)OC3=O)cc2Cl)C1=O. The van der Waals surface area contributed by atoms with E-state index < -0.39 is 18.3 Å². The molecular formula is C22H21Cl2N3O5S. The van der Waals surface area contributed by atoms with Crippen molar-refractivity contribution in [1.82, 2.24) is 5.32 Å². The van der Waals surface area contributed by atoms with Crippen molar-refractivity contribution in [2.75, 3.05) is 36.0 Å². The van der Waals surface area contributed by atoms with Gasteiger partial charge in [-0.15, -0.1) is 0 Å². The Morgan fingerprint density at radius 3 is 2.82 bits per heavy atom. The van der Waals surface area contributed by atoms with Crippen LogP contribution in [0.2, 0.25) is 5.02 Å². The number of amides is 3. The molecule has 1 aromatic carbocycles. The van der Waals surface area contributed by atoms with Crippen molar-refractivity contribution in [3.63, 3.8) is 0 Å². The quantitative estimate of drug-likeness (QED) is 0.612. The summed E-state index contributed by atoms with van der Waals surface area (Å²) in [6.07, 6.45) is 2.07. The minimum absolute atomic E-state index is 0.119. The molecule has 8 nitrogen and oxygen atoms in total. The van der Waals surface area contributed by atoms with Crippen molar-refractivity contribution < 1.29 is 23.9 Å². The van der Waals surface area contributed by atoms with Gasteiger partial charge in [-0.3, -0.25) is 14.5 Å². The number of ether oxygens (including phenoxy) is 2. The summed E-state index contributed by atoms with van der Waals surface area (Å²) >= 11 is 17.6. The van der Waals surface area contributed by atoms with E-state index in [1.807, 2.05) is 0 Å². The predicted molar refractivity (Wildman–Crippen MR) is 129 cm³/mol. The Bertz CT molecular complexity index is 1090. The topological polar surface area (TPSA) is 88.2 Å². The molecule has 0 spiro atoms. The van der Waals surface area contributed by atoms with E-state index in [0.717, 1.165) is 0 Å². The lowest BCUT2D eigenvalue weighted by atomic mass is 10.0. The van der Waals surface area contributed by atoms with Gasteiger partial charge in [-0.05, 0) is 31.2 Å². The normalized spacial score (nSPS) is 23.3. The number of morpholine rings is 1. The highest BCUT2D eigenvalue weighted by molar-refractivity contribution is 7.81. The van der Waals surface area contributed by atoms with Crippen LogP contribution < -0.4 is 15.1 Å². The third-order valence-corrected chi connectivity index (χ3v) is 6.46. The fraction of sp³-hybridized carbons (Fsp3) is 0.364. The smallest absolute Gasteiger partial charge is 0.414 e. The average Bonchev–Trinajstić information content (AvgIpc) is 3.16. The zero-order chi connectivity index (χ0) is 23.7. The van der Waals surface area contributed by atoms with E-state index in [4.69, 9.17) is 44.9 Å². The number of cyclic esters (lactones) is 1. The molecule has 2 aliphatic heterocycles. The van der Waals surface area contributed by atoms with Gasteiger partial charge >= 0.3 is 6.09 Å². The number of carbonyl (C=O) groups is 3. The van der Waals surface area contributed by atoms with E-state index in [0.29, 0.717) is 51.4 Å². The number of allylic oxidation sites excluding steroid dienone is 3. The Morgan fingerprint density at radius 2 is 2.06 bits per heavy atom. The number of nitrogens with one attached hydrogen (secondary N) is 1. The monoisotopic (exact) mass is 509 g/mol. The first kappa shape index (κ1) is 23.7. The summed E-state index contributed by atoms with van der Waals surface area (Å²) in [6, 6.07) is 5.02. The fourth-order valence-corrected chi connectivity index (χ4v) is 4.45. The van der Waals surface area contributed by atoms with Gasteiger partial charge in [0, 0.05) is 28.5 Å². The standard InChI is InChI=1S/C22H21Cl2N3O5S/c1-12-21(29)26(6-7-31-12)18-4-3-14(9-17(18)24)27-11-15(32-22(27)30)10-25-20(28)16-8-13(23)2-5-19(16)33/h2-4,8-9,12,15H,5-7,10-11H2,1H3,(H,25,28). The van der Waals surface area contributed by atoms with E-state index >= 15 is 0 Å². The average molecular weight is 510 g/mol. The summed E-state index contributed by atoms with van der Waals surface area (Å²) in [7, 11) is 0. The number of hydrogen-bond donors (Lipinski definition) is 1. The Labute approximate surface area is 206 Å². The Kier molecular flexibility index (Phi) is 7.04. The molecule has 3 aliphatic rings. The van der Waals surface area contributed by atoms with Crippen molar-refractivity contribution in [2.24, 2.45) is 0 Å². The lowest BCUT2D eigenvalue weighted by Crippen LogP contribution is -2.46. The largest absolute Gasteiger partial charge is 0.442 e. The number of halogens is 2. The Hall–Kier alpha value is -2.46. The summed E-state index contributed by atoms with van der Waals surface area (Å²) < 4.78 is 10.7. The Balaban J connectivity index is 1.40. The molecule has 0 bridgehead atoms. The van der Waals surface area contributed by atoms with E-state index in [-0.39, 0.29) is 24.9 Å². The molecule has 3 amide bonds. The van der Waals surface area contributed by atoms with Gasteiger partial charge in [0.05, 0.1) is 36.0 Å². The number of thiocarbonyl (C=S) groups is 1. The molecule has 1 aromatic rings. The Morgan fingerprint density at radius 1 is 1.27 bits per heavy atom. The lowest BCUT2D eigenvalue weighted by molar-refractivity contribution is -0.132. The maximum atomic E-state index is 12.5. The van der Waals surface area contributed by atoms with E-state index in [1.54, 1.807) is 36.1 Å². The third kappa shape index (κ3) is 5.06. The summed E-state index contributed by atoms with van der Waals surface area (Å²) in [5, 5.41) is 3.54. The molecular weight excluding hydrogens is 489 g/mol. The molecule has 33 heavy (non-hydrogen) atoms. The van der Waals surface area contributed by atoms with Crippen LogP contribution in [-0.4, -0.2) is 61.2 Å². The molecule has 2 atom stereocenters. The number of nitrogens with zero attached hydrogens (tertiary/aromatic N) is 2. The van der Waals surface area contributed by atoms with Crippen molar-refractivity contribution in [3.05, 3.63) is 46.0 Å². The summed E-state index contributed by atoms with van der Waals surface area (Å²) in [5.41, 5.74) is 1.43. The van der Waals surface area contributed by atoms with Gasteiger partial charge in [0.2, 0.25) is 0 Å². The number of carbonyl (C=O) groups excluding carboxylic acids is 3. The highest BCUT2D eigenvalue weighted by atomic mass is 35.5. The molecule has 174 valence electrons. The van der Waals surface area contributed by atoms with Crippen molar-refractivity contribution in [1.29, 1.82) is 0 Å². The van der Waals surface area contributed by atoms with Gasteiger partial charge in [0.25, 0.3) is 11.8 Å². The molecule has 4 rings (SSSR count). The second kappa shape index (κ2) is 9.80. The number of rotatable bonds is 5. The highest BCUT2D eigenvalue weighted by Crippen LogP contribution is 2.33. The summed E-state index contributed by atoms with van der Waals surface area (Å²) in [5.74, 6) is -0.533. The zero-order valence-electron chi connectivity index (χ0n) is 17.7. The third-order valence-electron chi connectivity index (χ3n) is 5.50. The van der Waals surface area contributed by atoms with Gasteiger partial charge in [0.1, 0.15) is 12.2 Å². The van der Waals surface area contributed by atoms with Crippen molar-refractivity contribution in [2.45, 2.75) is 25.6 Å². The fourth-order valence-electron chi connectivity index (χ4n) is 3.75. The molecule has 0 radical (unpaired) electrons. The molecule has 2 saturated heterocycles. The van der Waals surface area contributed by atoms with Crippen LogP contribution in [-0.2, 0) is 19.1 Å². The van der Waals surface area contributed by atoms with Crippen LogP contribution in [0.3, 0.4) is 0 Å². The predicted octanol–water partition coefficient (Wildman–Crippen LogP) is 3.36. The zero-order valence-corrected chi connectivity index (χ0v) is 20.0. The molecule has 1 aliphatic carbocycles. The highest BCUT2D eigenvalue weighted by Gasteiger charge is 2.34. The molecule has 0 aromatic heterocycles. The van der Waals surface area contributed by atoms with Gasteiger partial charge in [0.15, 0.2) is 0 Å². The lowest BCUT2D eigenvalue weighted by Gasteiger charge is -2.31. The van der Waals surface area contributed by atoms with Gasteiger partial charge in [-0.2, -0.15) is 0 Å². The first-order chi connectivity index (χ1) is 15.7. The molecule has 11 heteroatoms.